The summed E-state index contributed by atoms with van der Waals surface area (Å²) in [5.41, 5.74) is 2.60. The van der Waals surface area contributed by atoms with Gasteiger partial charge in [-0.3, -0.25) is 0 Å². The topological polar surface area (TPSA) is 24.5 Å². The first-order valence-corrected chi connectivity index (χ1v) is 6.40. The molecule has 1 aliphatic rings. The Labute approximate surface area is 104 Å². The highest BCUT2D eigenvalue weighted by atomic mass is 16.5. The van der Waals surface area contributed by atoms with Crippen molar-refractivity contribution in [3.8, 4) is 5.75 Å². The summed E-state index contributed by atoms with van der Waals surface area (Å²) in [5.74, 6) is 1.01. The number of ether oxygens (including phenoxy) is 1. The molecule has 0 unspecified atom stereocenters. The molecule has 1 N–H and O–H groups in total. The molecule has 0 fully saturated rings. The summed E-state index contributed by atoms with van der Waals surface area (Å²) in [6.07, 6.45) is 3.45. The molecule has 0 bridgehead atoms. The van der Waals surface area contributed by atoms with E-state index in [0.717, 1.165) is 38.3 Å². The lowest BCUT2D eigenvalue weighted by Gasteiger charge is -2.21. The molecule has 3 heteroatoms. The maximum Gasteiger partial charge on any atom is 0.142 e. The van der Waals surface area contributed by atoms with E-state index in [9.17, 15) is 0 Å². The first kappa shape index (κ1) is 12.2. The van der Waals surface area contributed by atoms with Crippen molar-refractivity contribution in [2.24, 2.45) is 0 Å². The second kappa shape index (κ2) is 5.92. The van der Waals surface area contributed by atoms with E-state index in [-0.39, 0.29) is 0 Å². The van der Waals surface area contributed by atoms with Crippen LogP contribution in [0.3, 0.4) is 0 Å². The van der Waals surface area contributed by atoms with E-state index in [2.05, 4.69) is 42.5 Å². The molecular weight excluding hydrogens is 212 g/mol. The van der Waals surface area contributed by atoms with E-state index >= 15 is 0 Å². The highest BCUT2D eigenvalue weighted by Gasteiger charge is 2.12. The molecule has 0 aromatic heterocycles. The molecule has 0 amide bonds. The molecule has 0 spiro atoms. The molecule has 17 heavy (non-hydrogen) atoms. The molecule has 1 heterocycles. The number of para-hydroxylation sites is 1. The van der Waals surface area contributed by atoms with E-state index in [4.69, 9.17) is 4.74 Å². The van der Waals surface area contributed by atoms with Crippen molar-refractivity contribution >= 4 is 5.69 Å². The zero-order valence-electron chi connectivity index (χ0n) is 10.8. The van der Waals surface area contributed by atoms with Gasteiger partial charge >= 0.3 is 0 Å². The molecule has 1 aromatic rings. The summed E-state index contributed by atoms with van der Waals surface area (Å²) < 4.78 is 5.87. The third kappa shape index (κ3) is 3.37. The van der Waals surface area contributed by atoms with Gasteiger partial charge in [0.1, 0.15) is 5.75 Å². The number of aryl methyl sites for hydroxylation is 1. The maximum atomic E-state index is 5.87. The molecule has 1 aliphatic heterocycles. The van der Waals surface area contributed by atoms with Crippen LogP contribution in [0, 0.1) is 0 Å². The highest BCUT2D eigenvalue weighted by molar-refractivity contribution is 5.63. The van der Waals surface area contributed by atoms with E-state index in [0.29, 0.717) is 0 Å². The molecule has 2 rings (SSSR count). The predicted octanol–water partition coefficient (Wildman–Crippen LogP) is 2.38. The summed E-state index contributed by atoms with van der Waals surface area (Å²) in [7, 11) is 4.18. The number of hydrogen-bond donors (Lipinski definition) is 1. The van der Waals surface area contributed by atoms with Gasteiger partial charge in [-0.1, -0.05) is 12.1 Å². The molecule has 94 valence electrons. The van der Waals surface area contributed by atoms with Gasteiger partial charge in [0.2, 0.25) is 0 Å². The fourth-order valence-electron chi connectivity index (χ4n) is 2.16. The van der Waals surface area contributed by atoms with Crippen molar-refractivity contribution in [3.05, 3.63) is 23.8 Å². The molecular formula is C14H22N2O. The smallest absolute Gasteiger partial charge is 0.142 e. The Morgan fingerprint density at radius 3 is 3.06 bits per heavy atom. The molecule has 0 saturated carbocycles. The second-order valence-corrected chi connectivity index (χ2v) is 4.83. The lowest BCUT2D eigenvalue weighted by Crippen LogP contribution is -2.17. The number of fused-ring (bicyclic) bond motifs is 1. The minimum absolute atomic E-state index is 0.788. The number of nitrogens with one attached hydrogen (secondary N) is 1. The van der Waals surface area contributed by atoms with Gasteiger partial charge in [0.25, 0.3) is 0 Å². The molecule has 0 atom stereocenters. The summed E-state index contributed by atoms with van der Waals surface area (Å²) in [4.78, 5) is 2.18. The van der Waals surface area contributed by atoms with Crippen LogP contribution >= 0.6 is 0 Å². The Hall–Kier alpha value is -1.22. The van der Waals surface area contributed by atoms with Crippen LogP contribution in [0.5, 0.6) is 5.75 Å². The van der Waals surface area contributed by atoms with Crippen LogP contribution in [0.4, 0.5) is 5.69 Å². The van der Waals surface area contributed by atoms with Crippen LogP contribution in [-0.4, -0.2) is 38.7 Å². The molecule has 3 nitrogen and oxygen atoms in total. The van der Waals surface area contributed by atoms with Crippen molar-refractivity contribution in [2.75, 3.05) is 39.1 Å². The van der Waals surface area contributed by atoms with Gasteiger partial charge in [0, 0.05) is 13.1 Å². The van der Waals surface area contributed by atoms with Crippen LogP contribution < -0.4 is 10.1 Å². The summed E-state index contributed by atoms with van der Waals surface area (Å²) in [6.45, 7) is 2.92. The zero-order valence-corrected chi connectivity index (χ0v) is 10.8. The quantitative estimate of drug-likeness (QED) is 0.792. The average molecular weight is 234 g/mol. The van der Waals surface area contributed by atoms with E-state index < -0.39 is 0 Å². The van der Waals surface area contributed by atoms with E-state index in [1.807, 2.05) is 0 Å². The van der Waals surface area contributed by atoms with E-state index in [1.165, 1.54) is 17.7 Å². The zero-order chi connectivity index (χ0) is 12.1. The summed E-state index contributed by atoms with van der Waals surface area (Å²) >= 11 is 0. The van der Waals surface area contributed by atoms with Crippen LogP contribution in [0.15, 0.2) is 18.2 Å². The first-order chi connectivity index (χ1) is 8.27. The standard InChI is InChI=1S/C14H22N2O/c1-16(2)10-5-11-17-13-8-3-6-12-7-4-9-15-14(12)13/h3,6,8,15H,4-5,7,9-11H2,1-2H3. The Morgan fingerprint density at radius 2 is 2.24 bits per heavy atom. The van der Waals surface area contributed by atoms with Gasteiger partial charge in [-0.15, -0.1) is 0 Å². The van der Waals surface area contributed by atoms with Crippen molar-refractivity contribution in [3.63, 3.8) is 0 Å². The molecule has 1 aromatic carbocycles. The average Bonchev–Trinajstić information content (AvgIpc) is 2.34. The second-order valence-electron chi connectivity index (χ2n) is 4.83. The number of hydrogen-bond acceptors (Lipinski definition) is 3. The Kier molecular flexibility index (Phi) is 4.26. The lowest BCUT2D eigenvalue weighted by molar-refractivity contribution is 0.282. The Balaban J connectivity index is 1.92. The SMILES string of the molecule is CN(C)CCCOc1cccc2c1NCCC2. The maximum absolute atomic E-state index is 5.87. The van der Waals surface area contributed by atoms with Gasteiger partial charge in [0.15, 0.2) is 0 Å². The third-order valence-electron chi connectivity index (χ3n) is 3.04. The lowest BCUT2D eigenvalue weighted by atomic mass is 10.0. The van der Waals surface area contributed by atoms with Crippen molar-refractivity contribution in [2.45, 2.75) is 19.3 Å². The fraction of sp³-hybridized carbons (Fsp3) is 0.571. The van der Waals surface area contributed by atoms with Gasteiger partial charge < -0.3 is 15.0 Å². The Morgan fingerprint density at radius 1 is 1.35 bits per heavy atom. The van der Waals surface area contributed by atoms with Crippen molar-refractivity contribution in [1.82, 2.24) is 4.90 Å². The van der Waals surface area contributed by atoms with Crippen LogP contribution in [0.25, 0.3) is 0 Å². The summed E-state index contributed by atoms with van der Waals surface area (Å²) in [6, 6.07) is 6.34. The monoisotopic (exact) mass is 234 g/mol. The molecule has 0 saturated heterocycles. The van der Waals surface area contributed by atoms with Crippen LogP contribution in [0.1, 0.15) is 18.4 Å². The van der Waals surface area contributed by atoms with Crippen LogP contribution in [0.2, 0.25) is 0 Å². The number of rotatable bonds is 5. The minimum atomic E-state index is 0.788. The third-order valence-corrected chi connectivity index (χ3v) is 3.04. The van der Waals surface area contributed by atoms with Gasteiger partial charge in [-0.25, -0.2) is 0 Å². The first-order valence-electron chi connectivity index (χ1n) is 6.40. The van der Waals surface area contributed by atoms with E-state index in [1.54, 1.807) is 0 Å². The van der Waals surface area contributed by atoms with Crippen LogP contribution in [-0.2, 0) is 6.42 Å². The van der Waals surface area contributed by atoms with Gasteiger partial charge in [-0.2, -0.15) is 0 Å². The number of benzene rings is 1. The molecule has 0 radical (unpaired) electrons. The fourth-order valence-corrected chi connectivity index (χ4v) is 2.16. The Bertz CT molecular complexity index is 363. The number of anilines is 1. The summed E-state index contributed by atoms with van der Waals surface area (Å²) in [5, 5.41) is 3.45. The normalized spacial score (nSPS) is 14.3. The predicted molar refractivity (Wildman–Crippen MR) is 71.9 cm³/mol. The van der Waals surface area contributed by atoms with Gasteiger partial charge in [-0.05, 0) is 45.0 Å². The number of nitrogens with zero attached hydrogens (tertiary/aromatic N) is 1. The van der Waals surface area contributed by atoms with Crippen molar-refractivity contribution in [1.29, 1.82) is 0 Å². The molecule has 0 aliphatic carbocycles. The van der Waals surface area contributed by atoms with Gasteiger partial charge in [0.05, 0.1) is 12.3 Å². The largest absolute Gasteiger partial charge is 0.491 e. The minimum Gasteiger partial charge on any atom is -0.491 e. The highest BCUT2D eigenvalue weighted by Crippen LogP contribution is 2.31. The van der Waals surface area contributed by atoms with Crippen molar-refractivity contribution < 1.29 is 4.74 Å².